The van der Waals surface area contributed by atoms with Crippen LogP contribution in [0.4, 0.5) is 0 Å². The van der Waals surface area contributed by atoms with Gasteiger partial charge in [0.25, 0.3) is 5.91 Å². The third-order valence-corrected chi connectivity index (χ3v) is 4.25. The van der Waals surface area contributed by atoms with Crippen LogP contribution in [0.3, 0.4) is 0 Å². The maximum Gasteiger partial charge on any atom is 0.349 e. The van der Waals surface area contributed by atoms with Crippen LogP contribution in [0.15, 0.2) is 41.5 Å². The Hall–Kier alpha value is -3.07. The van der Waals surface area contributed by atoms with Crippen LogP contribution < -0.4 is 10.1 Å². The maximum atomic E-state index is 12.0. The van der Waals surface area contributed by atoms with Crippen LogP contribution >= 0.6 is 0 Å². The Morgan fingerprint density at radius 1 is 1.26 bits per heavy atom. The molecule has 0 unspecified atom stereocenters. The van der Waals surface area contributed by atoms with E-state index >= 15 is 0 Å². The normalized spacial score (nSPS) is 13.9. The van der Waals surface area contributed by atoms with Gasteiger partial charge in [-0.1, -0.05) is 23.8 Å². The minimum atomic E-state index is -0.821. The van der Waals surface area contributed by atoms with Gasteiger partial charge in [0.2, 0.25) is 0 Å². The van der Waals surface area contributed by atoms with Crippen LogP contribution in [0.2, 0.25) is 0 Å². The molecule has 0 spiro atoms. The molecule has 0 saturated heterocycles. The van der Waals surface area contributed by atoms with Gasteiger partial charge in [-0.05, 0) is 55.9 Å². The van der Waals surface area contributed by atoms with E-state index in [2.05, 4.69) is 11.4 Å². The highest BCUT2D eigenvalue weighted by atomic mass is 16.5. The Labute approximate surface area is 159 Å². The lowest BCUT2D eigenvalue weighted by molar-refractivity contribution is -0.144. The van der Waals surface area contributed by atoms with Gasteiger partial charge in [0, 0.05) is 6.54 Å². The van der Waals surface area contributed by atoms with Crippen molar-refractivity contribution in [3.05, 3.63) is 47.1 Å². The second-order valence-electron chi connectivity index (χ2n) is 6.23. The fraction of sp³-hybridized carbons (Fsp3) is 0.381. The Morgan fingerprint density at radius 2 is 2.04 bits per heavy atom. The monoisotopic (exact) mass is 368 g/mol. The van der Waals surface area contributed by atoms with Crippen molar-refractivity contribution in [2.45, 2.75) is 32.1 Å². The molecule has 1 aliphatic carbocycles. The number of benzene rings is 1. The molecule has 27 heavy (non-hydrogen) atoms. The molecular weight excluding hydrogens is 344 g/mol. The topological polar surface area (TPSA) is 88.4 Å². The summed E-state index contributed by atoms with van der Waals surface area (Å²) in [6.07, 6.45) is 9.10. The summed E-state index contributed by atoms with van der Waals surface area (Å²) < 4.78 is 9.99. The summed E-state index contributed by atoms with van der Waals surface area (Å²) in [6.45, 7) is 0.120. The first-order chi connectivity index (χ1) is 13.1. The number of allylic oxidation sites excluding steroid dienone is 1. The molecule has 0 atom stereocenters. The third-order valence-electron chi connectivity index (χ3n) is 4.25. The average Bonchev–Trinajstić information content (AvgIpc) is 2.71. The lowest BCUT2D eigenvalue weighted by Crippen LogP contribution is -2.30. The number of hydrogen-bond donors (Lipinski definition) is 1. The van der Waals surface area contributed by atoms with E-state index in [0.29, 0.717) is 17.9 Å². The van der Waals surface area contributed by atoms with E-state index in [0.717, 1.165) is 19.3 Å². The van der Waals surface area contributed by atoms with E-state index in [1.807, 2.05) is 0 Å². The molecule has 0 bridgehead atoms. The number of esters is 1. The number of nitrogens with zero attached hydrogens (tertiary/aromatic N) is 1. The smallest absolute Gasteiger partial charge is 0.349 e. The number of carbonyl (C=O) groups excluding carboxylic acids is 2. The van der Waals surface area contributed by atoms with Gasteiger partial charge in [-0.25, -0.2) is 4.79 Å². The summed E-state index contributed by atoms with van der Waals surface area (Å²) in [5.74, 6) is -0.520. The van der Waals surface area contributed by atoms with Crippen LogP contribution in [-0.2, 0) is 14.3 Å². The molecule has 1 amide bonds. The Balaban J connectivity index is 1.78. The lowest BCUT2D eigenvalue weighted by atomic mass is 9.97. The number of carbonyl (C=O) groups is 2. The van der Waals surface area contributed by atoms with Gasteiger partial charge < -0.3 is 14.8 Å². The Morgan fingerprint density at radius 3 is 2.67 bits per heavy atom. The zero-order valence-corrected chi connectivity index (χ0v) is 15.5. The van der Waals surface area contributed by atoms with Gasteiger partial charge in [0.15, 0.2) is 6.61 Å². The second kappa shape index (κ2) is 10.8. The Kier molecular flexibility index (Phi) is 8.11. The Bertz CT molecular complexity index is 757. The number of nitriles is 1. The molecule has 142 valence electrons. The van der Waals surface area contributed by atoms with Crippen LogP contribution in [0.5, 0.6) is 5.75 Å². The molecule has 0 heterocycles. The number of rotatable bonds is 8. The standard InChI is InChI=1S/C21H24N2O4/c1-26-19-9-7-17(8-10-19)13-18(14-22)21(25)27-15-20(24)23-12-11-16-5-3-2-4-6-16/h5,7-10,13H,2-4,6,11-12,15H2,1H3,(H,23,24). The van der Waals surface area contributed by atoms with Crippen molar-refractivity contribution >= 4 is 18.0 Å². The molecule has 0 saturated carbocycles. The minimum Gasteiger partial charge on any atom is -0.497 e. The van der Waals surface area contributed by atoms with Crippen molar-refractivity contribution in [2.24, 2.45) is 0 Å². The summed E-state index contributed by atoms with van der Waals surface area (Å²) in [5, 5.41) is 11.9. The van der Waals surface area contributed by atoms with Crippen LogP contribution in [0.1, 0.15) is 37.7 Å². The van der Waals surface area contributed by atoms with E-state index in [1.54, 1.807) is 37.4 Å². The quantitative estimate of drug-likeness (QED) is 0.330. The predicted octanol–water partition coefficient (Wildman–Crippen LogP) is 3.15. The number of ether oxygens (including phenoxy) is 2. The fourth-order valence-corrected chi connectivity index (χ4v) is 2.76. The van der Waals surface area contributed by atoms with Crippen molar-refractivity contribution in [3.8, 4) is 11.8 Å². The predicted molar refractivity (Wildman–Crippen MR) is 102 cm³/mol. The van der Waals surface area contributed by atoms with E-state index < -0.39 is 12.6 Å². The van der Waals surface area contributed by atoms with Gasteiger partial charge in [-0.15, -0.1) is 0 Å². The van der Waals surface area contributed by atoms with E-state index in [1.165, 1.54) is 24.5 Å². The van der Waals surface area contributed by atoms with Gasteiger partial charge in [-0.3, -0.25) is 4.79 Å². The second-order valence-corrected chi connectivity index (χ2v) is 6.23. The highest BCUT2D eigenvalue weighted by Gasteiger charge is 2.13. The molecule has 1 aliphatic rings. The van der Waals surface area contributed by atoms with Crippen LogP contribution in [0, 0.1) is 11.3 Å². The first-order valence-electron chi connectivity index (χ1n) is 9.00. The van der Waals surface area contributed by atoms with Gasteiger partial charge in [0.1, 0.15) is 17.4 Å². The van der Waals surface area contributed by atoms with Gasteiger partial charge in [0.05, 0.1) is 7.11 Å². The summed E-state index contributed by atoms with van der Waals surface area (Å²) in [4.78, 5) is 23.8. The highest BCUT2D eigenvalue weighted by Crippen LogP contribution is 2.19. The van der Waals surface area contributed by atoms with Crippen molar-refractivity contribution in [1.29, 1.82) is 5.26 Å². The number of amides is 1. The molecular formula is C21H24N2O4. The molecule has 1 aromatic rings. The van der Waals surface area contributed by atoms with E-state index in [-0.39, 0.29) is 11.5 Å². The van der Waals surface area contributed by atoms with E-state index in [9.17, 15) is 9.59 Å². The SMILES string of the molecule is COc1ccc(C=C(C#N)C(=O)OCC(=O)NCCC2=CCCCC2)cc1. The van der Waals surface area contributed by atoms with E-state index in [4.69, 9.17) is 14.7 Å². The number of nitrogens with one attached hydrogen (secondary N) is 1. The fourth-order valence-electron chi connectivity index (χ4n) is 2.76. The first-order valence-corrected chi connectivity index (χ1v) is 9.00. The van der Waals surface area contributed by atoms with Crippen LogP contribution in [-0.4, -0.2) is 32.1 Å². The highest BCUT2D eigenvalue weighted by molar-refractivity contribution is 5.98. The molecule has 0 aliphatic heterocycles. The maximum absolute atomic E-state index is 12.0. The lowest BCUT2D eigenvalue weighted by Gasteiger charge is -2.12. The molecule has 0 fully saturated rings. The molecule has 1 N–H and O–H groups in total. The molecule has 6 heteroatoms. The number of methoxy groups -OCH3 is 1. The summed E-state index contributed by atoms with van der Waals surface area (Å²) >= 11 is 0. The van der Waals surface area contributed by atoms with Crippen molar-refractivity contribution in [2.75, 3.05) is 20.3 Å². The van der Waals surface area contributed by atoms with Gasteiger partial charge in [-0.2, -0.15) is 5.26 Å². The van der Waals surface area contributed by atoms with Crippen LogP contribution in [0.25, 0.3) is 6.08 Å². The van der Waals surface area contributed by atoms with Crippen molar-refractivity contribution in [3.63, 3.8) is 0 Å². The minimum absolute atomic E-state index is 0.166. The molecule has 6 nitrogen and oxygen atoms in total. The zero-order chi connectivity index (χ0) is 19.5. The number of hydrogen-bond acceptors (Lipinski definition) is 5. The summed E-state index contributed by atoms with van der Waals surface area (Å²) in [5.41, 5.74) is 1.86. The largest absolute Gasteiger partial charge is 0.497 e. The summed E-state index contributed by atoms with van der Waals surface area (Å²) in [6, 6.07) is 8.69. The van der Waals surface area contributed by atoms with Crippen molar-refractivity contribution in [1.82, 2.24) is 5.32 Å². The first kappa shape index (κ1) is 20.2. The average molecular weight is 368 g/mol. The van der Waals surface area contributed by atoms with Crippen molar-refractivity contribution < 1.29 is 19.1 Å². The molecule has 0 aromatic heterocycles. The third kappa shape index (κ3) is 6.98. The molecule has 1 aromatic carbocycles. The van der Waals surface area contributed by atoms with Gasteiger partial charge >= 0.3 is 5.97 Å². The summed E-state index contributed by atoms with van der Waals surface area (Å²) in [7, 11) is 1.56. The molecule has 2 rings (SSSR count). The molecule has 0 radical (unpaired) electrons. The zero-order valence-electron chi connectivity index (χ0n) is 15.5.